The highest BCUT2D eigenvalue weighted by molar-refractivity contribution is 6.03. The van der Waals surface area contributed by atoms with Crippen molar-refractivity contribution in [2.24, 2.45) is 0 Å². The average Bonchev–Trinajstić information content (AvgIpc) is 3.59. The molecule has 2 aliphatic rings. The normalized spacial score (nSPS) is 19.2. The molecule has 0 aliphatic carbocycles. The number of para-hydroxylation sites is 2. The predicted octanol–water partition coefficient (Wildman–Crippen LogP) is 4.96. The number of fused-ring (bicyclic) bond motifs is 2. The molecule has 0 saturated carbocycles. The van der Waals surface area contributed by atoms with E-state index in [0.717, 1.165) is 42.9 Å². The number of nitrogens with two attached hydrogens (primary N) is 1. The molecule has 2 bridgehead atoms. The van der Waals surface area contributed by atoms with Gasteiger partial charge in [-0.25, -0.2) is 0 Å². The number of rotatable bonds is 10. The van der Waals surface area contributed by atoms with Crippen LogP contribution in [-0.4, -0.2) is 55.1 Å². The Kier molecular flexibility index (Phi) is 9.06. The van der Waals surface area contributed by atoms with Crippen LogP contribution in [0.2, 0.25) is 0 Å². The monoisotopic (exact) mass is 567 g/mol. The largest absolute Gasteiger partial charge is 0.397 e. The van der Waals surface area contributed by atoms with Crippen molar-refractivity contribution in [1.29, 1.82) is 0 Å². The van der Waals surface area contributed by atoms with Crippen LogP contribution in [0.15, 0.2) is 78.9 Å². The summed E-state index contributed by atoms with van der Waals surface area (Å²) in [6, 6.07) is 22.8. The molecular formula is C34H41N5O3. The number of likely N-dealkylation sites (tertiary alicyclic amines) is 1. The van der Waals surface area contributed by atoms with Gasteiger partial charge in [0.05, 0.1) is 24.1 Å². The van der Waals surface area contributed by atoms with Crippen molar-refractivity contribution < 1.29 is 14.3 Å². The molecule has 42 heavy (non-hydrogen) atoms. The second-order valence-electron chi connectivity index (χ2n) is 12.1. The third-order valence-electron chi connectivity index (χ3n) is 7.96. The molecule has 2 amide bonds. The van der Waals surface area contributed by atoms with E-state index < -0.39 is 6.04 Å². The Bertz CT molecular complexity index is 1410. The van der Waals surface area contributed by atoms with Crippen molar-refractivity contribution in [1.82, 2.24) is 10.2 Å². The molecule has 8 heteroatoms. The zero-order valence-corrected chi connectivity index (χ0v) is 24.6. The van der Waals surface area contributed by atoms with Gasteiger partial charge in [0.1, 0.15) is 6.04 Å². The fraction of sp³-hybridized carbons (Fsp3) is 0.353. The first-order chi connectivity index (χ1) is 20.2. The lowest BCUT2D eigenvalue weighted by Crippen LogP contribution is -2.43. The van der Waals surface area contributed by atoms with Crippen LogP contribution in [0.1, 0.15) is 49.9 Å². The van der Waals surface area contributed by atoms with Gasteiger partial charge in [-0.05, 0) is 58.9 Å². The summed E-state index contributed by atoms with van der Waals surface area (Å²) in [5.74, 6) is -0.387. The van der Waals surface area contributed by atoms with E-state index >= 15 is 0 Å². The van der Waals surface area contributed by atoms with Crippen molar-refractivity contribution in [3.63, 3.8) is 0 Å². The maximum atomic E-state index is 13.6. The maximum Gasteiger partial charge on any atom is 0.248 e. The summed E-state index contributed by atoms with van der Waals surface area (Å²) in [4.78, 5) is 28.4. The summed E-state index contributed by atoms with van der Waals surface area (Å²) in [6.45, 7) is 9.79. The number of benzene rings is 3. The molecule has 1 unspecified atom stereocenters. The molecule has 0 aromatic heterocycles. The van der Waals surface area contributed by atoms with E-state index in [-0.39, 0.29) is 17.2 Å². The highest BCUT2D eigenvalue weighted by Gasteiger charge is 2.38. The van der Waals surface area contributed by atoms with E-state index in [9.17, 15) is 9.59 Å². The van der Waals surface area contributed by atoms with Gasteiger partial charge in [-0.1, -0.05) is 69.3 Å². The third-order valence-corrected chi connectivity index (χ3v) is 7.96. The number of amides is 2. The SMILES string of the molecule is CC(C)(C)c1ccc(NC(=O)C(NCCN2C[C@H]3C[C@@H]2CO3)c2ccc(C=CC(=O)Nc3ccccc3N)cc2)cc1. The summed E-state index contributed by atoms with van der Waals surface area (Å²) in [7, 11) is 0. The Hall–Kier alpha value is -3.98. The number of nitrogens with zero attached hydrogens (tertiary/aromatic N) is 1. The van der Waals surface area contributed by atoms with Gasteiger partial charge < -0.3 is 26.4 Å². The molecule has 5 rings (SSSR count). The fourth-order valence-corrected chi connectivity index (χ4v) is 5.49. The van der Waals surface area contributed by atoms with Gasteiger partial charge in [0, 0.05) is 37.4 Å². The summed E-state index contributed by atoms with van der Waals surface area (Å²) in [5.41, 5.74) is 10.7. The molecule has 220 valence electrons. The minimum Gasteiger partial charge on any atom is -0.397 e. The minimum absolute atomic E-state index is 0.0401. The van der Waals surface area contributed by atoms with E-state index in [4.69, 9.17) is 10.5 Å². The lowest BCUT2D eigenvalue weighted by molar-refractivity contribution is -0.118. The van der Waals surface area contributed by atoms with Gasteiger partial charge >= 0.3 is 0 Å². The van der Waals surface area contributed by atoms with E-state index in [1.54, 1.807) is 18.2 Å². The molecule has 3 atom stereocenters. The zero-order chi connectivity index (χ0) is 29.7. The number of carbonyl (C=O) groups is 2. The quantitative estimate of drug-likeness (QED) is 0.204. The van der Waals surface area contributed by atoms with Crippen molar-refractivity contribution >= 4 is 35.0 Å². The molecular weight excluding hydrogens is 526 g/mol. The highest BCUT2D eigenvalue weighted by Crippen LogP contribution is 2.28. The number of hydrogen-bond acceptors (Lipinski definition) is 6. The number of anilines is 3. The standard InChI is InChI=1S/C34H41N5O3/c1-34(2,3)25-13-15-26(16-14-25)37-33(41)32(36-18-19-39-21-28-20-27(39)22-42-28)24-11-8-23(9-12-24)10-17-31(40)38-30-7-5-4-6-29(30)35/h4-17,27-28,32,36H,18-22,35H2,1-3H3,(H,37,41)(H,38,40)/t27-,28-,32?/m1/s1. The first-order valence-corrected chi connectivity index (χ1v) is 14.6. The summed E-state index contributed by atoms with van der Waals surface area (Å²) >= 11 is 0. The van der Waals surface area contributed by atoms with E-state index in [2.05, 4.69) is 53.8 Å². The van der Waals surface area contributed by atoms with Gasteiger partial charge in [-0.3, -0.25) is 14.5 Å². The molecule has 2 aliphatic heterocycles. The first-order valence-electron chi connectivity index (χ1n) is 14.6. The number of nitrogens with one attached hydrogen (secondary N) is 3. The lowest BCUT2D eigenvalue weighted by atomic mass is 9.87. The maximum absolute atomic E-state index is 13.6. The van der Waals surface area contributed by atoms with Crippen molar-refractivity contribution in [2.45, 2.75) is 50.8 Å². The Morgan fingerprint density at radius 2 is 1.76 bits per heavy atom. The molecule has 0 spiro atoms. The van der Waals surface area contributed by atoms with Gasteiger partial charge in [0.2, 0.25) is 11.8 Å². The molecule has 5 N–H and O–H groups in total. The smallest absolute Gasteiger partial charge is 0.248 e. The van der Waals surface area contributed by atoms with E-state index in [1.807, 2.05) is 48.5 Å². The van der Waals surface area contributed by atoms with Gasteiger partial charge in [-0.2, -0.15) is 0 Å². The number of ether oxygens (including phenoxy) is 1. The molecule has 3 aromatic carbocycles. The van der Waals surface area contributed by atoms with Crippen molar-refractivity contribution in [2.75, 3.05) is 42.6 Å². The lowest BCUT2D eigenvalue weighted by Gasteiger charge is -2.27. The molecule has 3 aromatic rings. The second kappa shape index (κ2) is 12.9. The number of carbonyl (C=O) groups excluding carboxylic acids is 2. The van der Waals surface area contributed by atoms with Crippen LogP contribution >= 0.6 is 0 Å². The Balaban J connectivity index is 1.25. The van der Waals surface area contributed by atoms with Crippen LogP contribution in [0.4, 0.5) is 17.1 Å². The summed E-state index contributed by atoms with van der Waals surface area (Å²) < 4.78 is 5.73. The molecule has 2 saturated heterocycles. The van der Waals surface area contributed by atoms with Gasteiger partial charge in [-0.15, -0.1) is 0 Å². The molecule has 8 nitrogen and oxygen atoms in total. The molecule has 2 fully saturated rings. The van der Waals surface area contributed by atoms with Gasteiger partial charge in [0.25, 0.3) is 0 Å². The van der Waals surface area contributed by atoms with Crippen LogP contribution in [0.25, 0.3) is 6.08 Å². The minimum atomic E-state index is -0.536. The van der Waals surface area contributed by atoms with Gasteiger partial charge in [0.15, 0.2) is 0 Å². The van der Waals surface area contributed by atoms with E-state index in [0.29, 0.717) is 30.1 Å². The third kappa shape index (κ3) is 7.45. The number of hydrogen-bond donors (Lipinski definition) is 4. The van der Waals surface area contributed by atoms with Crippen LogP contribution in [0.5, 0.6) is 0 Å². The number of nitrogen functional groups attached to an aromatic ring is 1. The van der Waals surface area contributed by atoms with Crippen LogP contribution in [0, 0.1) is 0 Å². The average molecular weight is 568 g/mol. The molecule has 2 heterocycles. The Labute approximate surface area is 248 Å². The van der Waals surface area contributed by atoms with Crippen molar-refractivity contribution in [3.8, 4) is 0 Å². The first kappa shape index (κ1) is 29.5. The second-order valence-corrected chi connectivity index (χ2v) is 12.1. The van der Waals surface area contributed by atoms with Crippen LogP contribution in [-0.2, 0) is 19.7 Å². The van der Waals surface area contributed by atoms with E-state index in [1.165, 1.54) is 11.6 Å². The summed E-state index contributed by atoms with van der Waals surface area (Å²) in [5, 5.41) is 9.38. The highest BCUT2D eigenvalue weighted by atomic mass is 16.5. The summed E-state index contributed by atoms with van der Waals surface area (Å²) in [6.07, 6.45) is 4.65. The fourth-order valence-electron chi connectivity index (χ4n) is 5.49. The zero-order valence-electron chi connectivity index (χ0n) is 24.6. The van der Waals surface area contributed by atoms with Crippen LogP contribution < -0.4 is 21.7 Å². The Morgan fingerprint density at radius 3 is 2.40 bits per heavy atom. The molecule has 0 radical (unpaired) electrons. The number of morpholine rings is 1. The topological polar surface area (TPSA) is 109 Å². The van der Waals surface area contributed by atoms with Crippen LogP contribution in [0.3, 0.4) is 0 Å². The van der Waals surface area contributed by atoms with Crippen molar-refractivity contribution in [3.05, 3.63) is 95.6 Å². The Morgan fingerprint density at radius 1 is 1.02 bits per heavy atom. The predicted molar refractivity (Wildman–Crippen MR) is 169 cm³/mol.